The van der Waals surface area contributed by atoms with Crippen LogP contribution in [0.4, 0.5) is 16.2 Å². The normalized spacial score (nSPS) is 36.1. The Kier molecular flexibility index (Phi) is 10.2. The molecule has 5 N–H and O–H groups in total. The van der Waals surface area contributed by atoms with Crippen molar-refractivity contribution < 1.29 is 41.1 Å². The van der Waals surface area contributed by atoms with E-state index in [1.54, 1.807) is 6.07 Å². The first-order valence-corrected chi connectivity index (χ1v) is 23.6. The van der Waals surface area contributed by atoms with Gasteiger partial charge in [-0.05, 0) is 42.4 Å². The van der Waals surface area contributed by atoms with E-state index >= 15 is 4.39 Å². The van der Waals surface area contributed by atoms with Crippen molar-refractivity contribution in [3.63, 3.8) is 0 Å². The number of imidazole rings is 1. The molecule has 23 heteroatoms. The largest absolute Gasteiger partial charge is 0.408 e. The number of aromatic nitrogens is 6. The van der Waals surface area contributed by atoms with Gasteiger partial charge in [-0.15, -0.1) is 0 Å². The fourth-order valence-corrected chi connectivity index (χ4v) is 10.1. The van der Waals surface area contributed by atoms with E-state index < -0.39 is 82.8 Å². The molecule has 3 aromatic rings. The lowest BCUT2D eigenvalue weighted by atomic mass is 10.1. The topological polar surface area (TPSA) is 220 Å². The van der Waals surface area contributed by atoms with Crippen LogP contribution in [0.15, 0.2) is 29.7 Å². The molecule has 49 heavy (non-hydrogen) atoms. The second kappa shape index (κ2) is 13.6. The molecule has 0 aromatic carbocycles. The van der Waals surface area contributed by atoms with Crippen molar-refractivity contribution in [3.8, 4) is 0 Å². The van der Waals surface area contributed by atoms with Crippen molar-refractivity contribution in [1.82, 2.24) is 29.5 Å². The number of nitrogens with one attached hydrogen (secondary N) is 2. The van der Waals surface area contributed by atoms with Gasteiger partial charge >= 0.3 is 13.5 Å². The number of halogens is 1. The number of nitrogens with two attached hydrogens (primary N) is 1. The molecular formula is C26H39FN8O9P2S2Si. The van der Waals surface area contributed by atoms with Crippen molar-refractivity contribution in [2.75, 3.05) is 24.3 Å². The smallest absolute Gasteiger partial charge is 0.386 e. The molecule has 0 radical (unpaired) electrons. The molecule has 0 amide bonds. The molecule has 2 saturated heterocycles. The Morgan fingerprint density at radius 1 is 1.24 bits per heavy atom. The Hall–Kier alpha value is -1.87. The number of rotatable bonds is 5. The van der Waals surface area contributed by atoms with Crippen LogP contribution in [-0.2, 0) is 43.6 Å². The number of hydrogen-bond acceptors (Lipinski definition) is 15. The van der Waals surface area contributed by atoms with Gasteiger partial charge in [0.1, 0.15) is 42.7 Å². The van der Waals surface area contributed by atoms with E-state index in [4.69, 9.17) is 44.8 Å². The summed E-state index contributed by atoms with van der Waals surface area (Å²) >= 11 is 9.72. The monoisotopic (exact) mass is 780 g/mol. The van der Waals surface area contributed by atoms with Crippen LogP contribution in [0.25, 0.3) is 11.2 Å². The summed E-state index contributed by atoms with van der Waals surface area (Å²) in [5.41, 5.74) is 5.31. The Labute approximate surface area is 292 Å². The van der Waals surface area contributed by atoms with Crippen LogP contribution in [0.1, 0.15) is 33.4 Å². The van der Waals surface area contributed by atoms with Gasteiger partial charge in [-0.1, -0.05) is 33.0 Å². The van der Waals surface area contributed by atoms with Crippen LogP contribution < -0.4 is 16.6 Å². The number of alkyl halides is 1. The highest BCUT2D eigenvalue weighted by molar-refractivity contribution is 8.44. The number of ether oxygens (including phenoxy) is 1. The highest BCUT2D eigenvalue weighted by atomic mass is 32.7. The molecule has 10 atom stereocenters. The fourth-order valence-electron chi connectivity index (χ4n) is 5.78. The van der Waals surface area contributed by atoms with E-state index in [-0.39, 0.29) is 35.2 Å². The minimum atomic E-state index is -4.27. The molecule has 0 spiro atoms. The summed E-state index contributed by atoms with van der Waals surface area (Å²) < 4.78 is 68.0. The summed E-state index contributed by atoms with van der Waals surface area (Å²) in [5.74, 6) is -0.562. The molecule has 5 heterocycles. The van der Waals surface area contributed by atoms with Crippen molar-refractivity contribution in [3.05, 3.63) is 35.3 Å². The molecule has 17 nitrogen and oxygen atoms in total. The highest BCUT2D eigenvalue weighted by Crippen LogP contribution is 2.59. The van der Waals surface area contributed by atoms with Crippen molar-refractivity contribution >= 4 is 68.8 Å². The zero-order valence-corrected chi connectivity index (χ0v) is 31.7. The van der Waals surface area contributed by atoms with E-state index in [2.05, 4.69) is 42.5 Å². The summed E-state index contributed by atoms with van der Waals surface area (Å²) in [6.07, 6.45) is -3.18. The second-order valence-corrected chi connectivity index (χ2v) is 24.1. The van der Waals surface area contributed by atoms with Gasteiger partial charge in [0, 0.05) is 12.1 Å². The number of aromatic amines is 1. The third-order valence-corrected chi connectivity index (χ3v) is 16.9. The van der Waals surface area contributed by atoms with Gasteiger partial charge in [-0.25, -0.2) is 23.9 Å². The van der Waals surface area contributed by atoms with Crippen LogP contribution in [0.3, 0.4) is 0 Å². The van der Waals surface area contributed by atoms with Crippen LogP contribution >= 0.6 is 25.8 Å². The Morgan fingerprint density at radius 3 is 2.69 bits per heavy atom. The van der Waals surface area contributed by atoms with E-state index in [9.17, 15) is 14.3 Å². The summed E-state index contributed by atoms with van der Waals surface area (Å²) in [7, 11) is -2.63. The minimum Gasteiger partial charge on any atom is -0.408 e. The molecule has 3 fully saturated rings. The SMILES string of the molecule is CC(C)(C)[Si](C)(C)O[C@H]1[C@H]2O[P@@](O)(=S)OC[C@H]3C[C@@H](Nc4ccncn4)[C@@H](F)[C@@H]3O[P@@](=O)(S)OC[C@H]1O[C@H]2n1cnc2c(=O)[nH]c(N)nc21. The maximum atomic E-state index is 16.0. The van der Waals surface area contributed by atoms with Gasteiger partial charge in [0.2, 0.25) is 5.95 Å². The minimum absolute atomic E-state index is 0.0290. The number of thiol groups is 1. The third kappa shape index (κ3) is 7.83. The molecule has 1 aliphatic carbocycles. The van der Waals surface area contributed by atoms with Crippen LogP contribution in [0.5, 0.6) is 0 Å². The van der Waals surface area contributed by atoms with E-state index in [0.717, 1.165) is 0 Å². The fraction of sp³-hybridized carbons (Fsp3) is 0.654. The average Bonchev–Trinajstić information content (AvgIpc) is 3.65. The van der Waals surface area contributed by atoms with Crippen molar-refractivity contribution in [2.45, 2.75) is 88.2 Å². The van der Waals surface area contributed by atoms with Gasteiger partial charge < -0.3 is 29.6 Å². The predicted molar refractivity (Wildman–Crippen MR) is 186 cm³/mol. The van der Waals surface area contributed by atoms with Gasteiger partial charge in [0.05, 0.1) is 25.6 Å². The number of anilines is 2. The molecule has 1 saturated carbocycles. The number of nitrogen functional groups attached to an aromatic ring is 1. The number of H-pyrrole nitrogens is 1. The summed E-state index contributed by atoms with van der Waals surface area (Å²) in [6, 6.07) is 0.737. The zero-order chi connectivity index (χ0) is 35.5. The first-order valence-electron chi connectivity index (χ1n) is 15.4. The average molecular weight is 781 g/mol. The highest BCUT2D eigenvalue weighted by Gasteiger charge is 2.55. The van der Waals surface area contributed by atoms with Crippen molar-refractivity contribution in [1.29, 1.82) is 0 Å². The van der Waals surface area contributed by atoms with Crippen LogP contribution in [0.2, 0.25) is 18.1 Å². The molecule has 270 valence electrons. The van der Waals surface area contributed by atoms with Gasteiger partial charge in [-0.2, -0.15) is 4.98 Å². The molecular weight excluding hydrogens is 741 g/mol. The number of nitrogens with zero attached hydrogens (tertiary/aromatic N) is 5. The Morgan fingerprint density at radius 2 is 2.00 bits per heavy atom. The van der Waals surface area contributed by atoms with E-state index in [1.807, 2.05) is 33.9 Å². The molecule has 2 bridgehead atoms. The third-order valence-electron chi connectivity index (χ3n) is 9.25. The number of fused-ring (bicyclic) bond motifs is 4. The standard InChI is InChI=1S/C26H39FN8O9P2S2Si/c1-26(2,3)49(4,5)44-20-15-10-40-46(38,48)42-19-13(8-14(17(19)27)32-16-6-7-29-11-30-16)9-39-45(37,47)43-21(20)24(41-15)35-12-31-18-22(35)33-25(28)34-23(18)36/h6-7,11-15,17,19-21,24H,8-10H2,1-5H3,(H,37,47)(H,38,48)(H,29,30,32)(H3,28,33,34,36)/t13-,14-,15-,17-,19-,20-,21-,24-,45+,46+/m1/s1. The molecule has 3 aliphatic rings. The maximum absolute atomic E-state index is 16.0. The van der Waals surface area contributed by atoms with E-state index in [0.29, 0.717) is 5.82 Å². The molecule has 3 aromatic heterocycles. The Balaban J connectivity index is 1.37. The van der Waals surface area contributed by atoms with Gasteiger partial charge in [0.25, 0.3) is 5.56 Å². The quantitative estimate of drug-likeness (QED) is 0.142. The lowest BCUT2D eigenvalue weighted by molar-refractivity contribution is -0.0504. The summed E-state index contributed by atoms with van der Waals surface area (Å²) in [4.78, 5) is 42.9. The molecule has 6 rings (SSSR count). The lowest BCUT2D eigenvalue weighted by Gasteiger charge is -2.40. The molecule has 0 unspecified atom stereocenters. The summed E-state index contributed by atoms with van der Waals surface area (Å²) in [5, 5.41) is 2.71. The lowest BCUT2D eigenvalue weighted by Crippen LogP contribution is -2.50. The first kappa shape index (κ1) is 36.9. The zero-order valence-electron chi connectivity index (χ0n) is 27.2. The van der Waals surface area contributed by atoms with Crippen molar-refractivity contribution in [2.24, 2.45) is 5.92 Å². The summed E-state index contributed by atoms with van der Waals surface area (Å²) in [6.45, 7) is 0.952. The first-order chi connectivity index (χ1) is 22.8. The second-order valence-electron chi connectivity index (χ2n) is 13.6. The maximum Gasteiger partial charge on any atom is 0.386 e. The van der Waals surface area contributed by atoms with Gasteiger partial charge in [0.15, 0.2) is 25.7 Å². The predicted octanol–water partition coefficient (Wildman–Crippen LogP) is 3.69. The van der Waals surface area contributed by atoms with E-state index in [1.165, 1.54) is 23.4 Å². The van der Waals surface area contributed by atoms with Gasteiger partial charge in [-0.3, -0.25) is 27.9 Å². The van der Waals surface area contributed by atoms with Crippen LogP contribution in [0, 0.1) is 5.92 Å². The number of hydrogen-bond donors (Lipinski definition) is 5. The molecule has 2 aliphatic heterocycles. The Bertz CT molecular complexity index is 1840. The van der Waals surface area contributed by atoms with Crippen LogP contribution in [-0.4, -0.2) is 92.5 Å².